The topological polar surface area (TPSA) is 55.1 Å². The lowest BCUT2D eigenvalue weighted by atomic mass is 9.87. The third kappa shape index (κ3) is 2.72. The number of rotatable bonds is 3. The molecule has 1 aliphatic carbocycles. The molecule has 0 saturated heterocycles. The van der Waals surface area contributed by atoms with E-state index in [-0.39, 0.29) is 23.9 Å². The van der Waals surface area contributed by atoms with Gasteiger partial charge < -0.3 is 11.1 Å². The SMILES string of the molecule is CC(N)C(C)C(=O)NC1CCCc2ccccc21. The van der Waals surface area contributed by atoms with E-state index in [9.17, 15) is 4.79 Å². The van der Waals surface area contributed by atoms with Crippen LogP contribution in [0.3, 0.4) is 0 Å². The molecule has 3 unspecified atom stereocenters. The van der Waals surface area contributed by atoms with E-state index >= 15 is 0 Å². The molecule has 18 heavy (non-hydrogen) atoms. The van der Waals surface area contributed by atoms with Gasteiger partial charge in [-0.05, 0) is 37.3 Å². The number of benzene rings is 1. The average molecular weight is 246 g/mol. The molecule has 0 heterocycles. The Kier molecular flexibility index (Phi) is 4.02. The number of carbonyl (C=O) groups excluding carboxylic acids is 1. The number of fused-ring (bicyclic) bond motifs is 1. The van der Waals surface area contributed by atoms with E-state index in [1.165, 1.54) is 11.1 Å². The Bertz CT molecular complexity index is 428. The molecule has 0 radical (unpaired) electrons. The van der Waals surface area contributed by atoms with Crippen molar-refractivity contribution in [1.82, 2.24) is 5.32 Å². The van der Waals surface area contributed by atoms with E-state index in [0.29, 0.717) is 0 Å². The highest BCUT2D eigenvalue weighted by atomic mass is 16.1. The first-order chi connectivity index (χ1) is 8.59. The zero-order valence-electron chi connectivity index (χ0n) is 11.1. The number of hydrogen-bond donors (Lipinski definition) is 2. The molecular weight excluding hydrogens is 224 g/mol. The summed E-state index contributed by atoms with van der Waals surface area (Å²) in [7, 11) is 0. The van der Waals surface area contributed by atoms with E-state index < -0.39 is 0 Å². The molecule has 0 fully saturated rings. The van der Waals surface area contributed by atoms with E-state index in [2.05, 4.69) is 23.5 Å². The molecule has 3 nitrogen and oxygen atoms in total. The lowest BCUT2D eigenvalue weighted by Crippen LogP contribution is -2.41. The summed E-state index contributed by atoms with van der Waals surface area (Å²) in [4.78, 5) is 12.1. The quantitative estimate of drug-likeness (QED) is 0.858. The van der Waals surface area contributed by atoms with Gasteiger partial charge in [-0.25, -0.2) is 0 Å². The fourth-order valence-electron chi connectivity index (χ4n) is 2.45. The molecule has 0 bridgehead atoms. The summed E-state index contributed by atoms with van der Waals surface area (Å²) in [5.41, 5.74) is 8.41. The van der Waals surface area contributed by atoms with Gasteiger partial charge in [0.15, 0.2) is 0 Å². The minimum atomic E-state index is -0.140. The summed E-state index contributed by atoms with van der Waals surface area (Å²) in [5, 5.41) is 3.14. The molecule has 3 atom stereocenters. The molecule has 0 spiro atoms. The zero-order valence-corrected chi connectivity index (χ0v) is 11.1. The van der Waals surface area contributed by atoms with Crippen molar-refractivity contribution in [2.24, 2.45) is 11.7 Å². The van der Waals surface area contributed by atoms with Gasteiger partial charge >= 0.3 is 0 Å². The highest BCUT2D eigenvalue weighted by molar-refractivity contribution is 5.79. The van der Waals surface area contributed by atoms with Crippen LogP contribution in [0.4, 0.5) is 0 Å². The van der Waals surface area contributed by atoms with Gasteiger partial charge in [-0.1, -0.05) is 31.2 Å². The van der Waals surface area contributed by atoms with Crippen LogP contribution < -0.4 is 11.1 Å². The molecule has 0 aliphatic heterocycles. The number of nitrogens with one attached hydrogen (secondary N) is 1. The first-order valence-corrected chi connectivity index (χ1v) is 6.73. The maximum Gasteiger partial charge on any atom is 0.224 e. The van der Waals surface area contributed by atoms with Gasteiger partial charge in [0.25, 0.3) is 0 Å². The summed E-state index contributed by atoms with van der Waals surface area (Å²) in [5.74, 6) is -0.0780. The molecule has 2 rings (SSSR count). The van der Waals surface area contributed by atoms with E-state index in [1.54, 1.807) is 0 Å². The van der Waals surface area contributed by atoms with Gasteiger partial charge in [-0.15, -0.1) is 0 Å². The van der Waals surface area contributed by atoms with Crippen molar-refractivity contribution < 1.29 is 4.79 Å². The van der Waals surface area contributed by atoms with Crippen molar-refractivity contribution in [3.8, 4) is 0 Å². The Balaban J connectivity index is 2.10. The zero-order chi connectivity index (χ0) is 13.1. The number of amides is 1. The van der Waals surface area contributed by atoms with Crippen molar-refractivity contribution in [3.05, 3.63) is 35.4 Å². The highest BCUT2D eigenvalue weighted by Gasteiger charge is 2.24. The first-order valence-electron chi connectivity index (χ1n) is 6.73. The summed E-state index contributed by atoms with van der Waals surface area (Å²) in [6, 6.07) is 8.43. The Labute approximate surface area is 109 Å². The van der Waals surface area contributed by atoms with Gasteiger partial charge in [-0.2, -0.15) is 0 Å². The molecule has 1 amide bonds. The van der Waals surface area contributed by atoms with E-state index in [1.807, 2.05) is 19.9 Å². The fourth-order valence-corrected chi connectivity index (χ4v) is 2.45. The largest absolute Gasteiger partial charge is 0.349 e. The van der Waals surface area contributed by atoms with Crippen molar-refractivity contribution in [2.75, 3.05) is 0 Å². The van der Waals surface area contributed by atoms with Gasteiger partial charge in [-0.3, -0.25) is 4.79 Å². The normalized spacial score (nSPS) is 21.8. The minimum Gasteiger partial charge on any atom is -0.349 e. The molecule has 0 aromatic heterocycles. The third-order valence-electron chi connectivity index (χ3n) is 3.89. The maximum atomic E-state index is 12.1. The van der Waals surface area contributed by atoms with Gasteiger partial charge in [0.1, 0.15) is 0 Å². The van der Waals surface area contributed by atoms with Gasteiger partial charge in [0, 0.05) is 12.0 Å². The van der Waals surface area contributed by atoms with Crippen LogP contribution in [-0.2, 0) is 11.2 Å². The second-order valence-electron chi connectivity index (χ2n) is 5.30. The Hall–Kier alpha value is -1.35. The van der Waals surface area contributed by atoms with Crippen LogP contribution in [0.5, 0.6) is 0 Å². The molecule has 3 N–H and O–H groups in total. The van der Waals surface area contributed by atoms with Crippen LogP contribution in [-0.4, -0.2) is 11.9 Å². The molecule has 1 aromatic carbocycles. The summed E-state index contributed by atoms with van der Waals surface area (Å²) < 4.78 is 0. The third-order valence-corrected chi connectivity index (χ3v) is 3.89. The van der Waals surface area contributed by atoms with Crippen molar-refractivity contribution in [1.29, 1.82) is 0 Å². The minimum absolute atomic E-state index is 0.0618. The summed E-state index contributed by atoms with van der Waals surface area (Å²) >= 11 is 0. The number of aryl methyl sites for hydroxylation is 1. The van der Waals surface area contributed by atoms with Crippen molar-refractivity contribution in [2.45, 2.75) is 45.2 Å². The van der Waals surface area contributed by atoms with Gasteiger partial charge in [0.05, 0.1) is 6.04 Å². The predicted octanol–water partition coefficient (Wildman–Crippen LogP) is 2.16. The summed E-state index contributed by atoms with van der Waals surface area (Å²) in [6.07, 6.45) is 3.27. The van der Waals surface area contributed by atoms with Crippen LogP contribution in [0.1, 0.15) is 43.9 Å². The molecule has 1 aromatic rings. The van der Waals surface area contributed by atoms with Crippen LogP contribution in [0.2, 0.25) is 0 Å². The van der Waals surface area contributed by atoms with Crippen LogP contribution in [0.25, 0.3) is 0 Å². The molecule has 98 valence electrons. The number of nitrogens with two attached hydrogens (primary N) is 1. The van der Waals surface area contributed by atoms with Gasteiger partial charge in [0.2, 0.25) is 5.91 Å². The maximum absolute atomic E-state index is 12.1. The monoisotopic (exact) mass is 246 g/mol. The molecule has 0 saturated carbocycles. The summed E-state index contributed by atoms with van der Waals surface area (Å²) in [6.45, 7) is 3.76. The Morgan fingerprint density at radius 3 is 2.83 bits per heavy atom. The van der Waals surface area contributed by atoms with Crippen LogP contribution >= 0.6 is 0 Å². The fraction of sp³-hybridized carbons (Fsp3) is 0.533. The van der Waals surface area contributed by atoms with E-state index in [4.69, 9.17) is 5.73 Å². The van der Waals surface area contributed by atoms with E-state index in [0.717, 1.165) is 19.3 Å². The van der Waals surface area contributed by atoms with Crippen molar-refractivity contribution >= 4 is 5.91 Å². The lowest BCUT2D eigenvalue weighted by Gasteiger charge is -2.28. The second kappa shape index (κ2) is 5.53. The Morgan fingerprint density at radius 2 is 2.11 bits per heavy atom. The first kappa shape index (κ1) is 13.1. The molecule has 1 aliphatic rings. The highest BCUT2D eigenvalue weighted by Crippen LogP contribution is 2.29. The lowest BCUT2D eigenvalue weighted by molar-refractivity contribution is -0.125. The number of carbonyl (C=O) groups is 1. The van der Waals surface area contributed by atoms with Crippen molar-refractivity contribution in [3.63, 3.8) is 0 Å². The molecule has 3 heteroatoms. The standard InChI is InChI=1S/C15H22N2O/c1-10(11(2)16)15(18)17-14-9-5-7-12-6-3-4-8-13(12)14/h3-4,6,8,10-11,14H,5,7,9,16H2,1-2H3,(H,17,18). The van der Waals surface area contributed by atoms with Crippen LogP contribution in [0.15, 0.2) is 24.3 Å². The molecular formula is C15H22N2O. The average Bonchev–Trinajstić information content (AvgIpc) is 2.38. The predicted molar refractivity (Wildman–Crippen MR) is 73.1 cm³/mol. The van der Waals surface area contributed by atoms with Crippen LogP contribution in [0, 0.1) is 5.92 Å². The number of hydrogen-bond acceptors (Lipinski definition) is 2. The second-order valence-corrected chi connectivity index (χ2v) is 5.30. The Morgan fingerprint density at radius 1 is 1.39 bits per heavy atom. The smallest absolute Gasteiger partial charge is 0.224 e.